The molecule has 3 heterocycles. The molecule has 1 amide bonds. The molecule has 0 aliphatic carbocycles. The number of fused-ring (bicyclic) bond motifs is 1. The third-order valence-corrected chi connectivity index (χ3v) is 4.94. The van der Waals surface area contributed by atoms with Crippen molar-refractivity contribution in [3.8, 4) is 0 Å². The highest BCUT2D eigenvalue weighted by Gasteiger charge is 2.51. The highest BCUT2D eigenvalue weighted by atomic mass is 16.7. The second kappa shape index (κ2) is 11.1. The number of nitrogens with zero attached hydrogens (tertiary/aromatic N) is 5. The van der Waals surface area contributed by atoms with Crippen LogP contribution in [0, 0.1) is 0 Å². The van der Waals surface area contributed by atoms with Crippen molar-refractivity contribution in [1.29, 1.82) is 0 Å². The Morgan fingerprint density at radius 2 is 1.65 bits per heavy atom. The molecule has 200 valence electrons. The van der Waals surface area contributed by atoms with Gasteiger partial charge in [-0.25, -0.2) is 9.48 Å². The zero-order valence-corrected chi connectivity index (χ0v) is 20.2. The van der Waals surface area contributed by atoms with Gasteiger partial charge in [-0.15, -0.1) is 5.10 Å². The van der Waals surface area contributed by atoms with Crippen LogP contribution >= 0.6 is 0 Å². The highest BCUT2D eigenvalue weighted by molar-refractivity contribution is 6.00. The predicted molar refractivity (Wildman–Crippen MR) is 116 cm³/mol. The van der Waals surface area contributed by atoms with Gasteiger partial charge in [0.1, 0.15) is 19.3 Å². The minimum absolute atomic E-state index is 0.00522. The molecule has 1 aliphatic heterocycles. The zero-order valence-electron chi connectivity index (χ0n) is 20.2. The molecule has 17 heteroatoms. The molecule has 0 bridgehead atoms. The van der Waals surface area contributed by atoms with Crippen LogP contribution in [0.15, 0.2) is 4.79 Å². The van der Waals surface area contributed by atoms with E-state index in [1.54, 1.807) is 6.92 Å². The molecule has 2 N–H and O–H groups in total. The number of esters is 4. The van der Waals surface area contributed by atoms with Gasteiger partial charge in [0.2, 0.25) is 5.91 Å². The minimum atomic E-state index is -1.53. The van der Waals surface area contributed by atoms with Crippen molar-refractivity contribution in [3.05, 3.63) is 16.0 Å². The van der Waals surface area contributed by atoms with Gasteiger partial charge in [-0.1, -0.05) is 5.21 Å². The van der Waals surface area contributed by atoms with Gasteiger partial charge in [-0.3, -0.25) is 24.0 Å². The van der Waals surface area contributed by atoms with Gasteiger partial charge >= 0.3 is 23.9 Å². The molecule has 4 atom stereocenters. The fraction of sp³-hybridized carbons (Fsp3) is 0.550. The summed E-state index contributed by atoms with van der Waals surface area (Å²) in [5, 5.41) is 11.6. The van der Waals surface area contributed by atoms with Crippen LogP contribution in [0.2, 0.25) is 0 Å². The smallest absolute Gasteiger partial charge is 0.361 e. The molecule has 1 fully saturated rings. The van der Waals surface area contributed by atoms with Crippen LogP contribution in [0.25, 0.3) is 11.0 Å². The van der Waals surface area contributed by atoms with Crippen molar-refractivity contribution >= 4 is 40.8 Å². The normalized spacial score (nSPS) is 20.9. The monoisotopic (exact) mass is 524 g/mol. The standard InChI is InChI=1S/C20H24N6O11/c1-5-33-20(32)14-13-15(25(23-14)6-12(21)30)18(31)26(24-22-13)19-17(36-10(4)29)16(35-9(3)28)11(37-19)7-34-8(2)27/h11,16-17,19H,5-7H2,1-4H3,(H2,21,30). The van der Waals surface area contributed by atoms with E-state index in [2.05, 4.69) is 15.4 Å². The van der Waals surface area contributed by atoms with Gasteiger partial charge in [0.05, 0.1) is 6.61 Å². The van der Waals surface area contributed by atoms with Crippen molar-refractivity contribution in [2.75, 3.05) is 13.2 Å². The molecule has 1 saturated heterocycles. The number of aromatic nitrogens is 5. The molecule has 0 saturated carbocycles. The Bertz CT molecular complexity index is 1300. The first-order chi connectivity index (χ1) is 17.4. The summed E-state index contributed by atoms with van der Waals surface area (Å²) in [4.78, 5) is 72.4. The Hall–Kier alpha value is -4.41. The topological polar surface area (TPSA) is 223 Å². The summed E-state index contributed by atoms with van der Waals surface area (Å²) in [6.45, 7) is 3.85. The molecule has 37 heavy (non-hydrogen) atoms. The van der Waals surface area contributed by atoms with Gasteiger partial charge in [0.15, 0.2) is 35.2 Å². The lowest BCUT2D eigenvalue weighted by molar-refractivity contribution is -0.166. The van der Waals surface area contributed by atoms with Crippen molar-refractivity contribution in [2.24, 2.45) is 5.73 Å². The van der Waals surface area contributed by atoms with Crippen molar-refractivity contribution in [2.45, 2.75) is 58.8 Å². The zero-order chi connectivity index (χ0) is 27.4. The molecule has 0 radical (unpaired) electrons. The minimum Gasteiger partial charge on any atom is -0.463 e. The summed E-state index contributed by atoms with van der Waals surface area (Å²) in [5.41, 5.74) is 3.27. The van der Waals surface area contributed by atoms with E-state index >= 15 is 0 Å². The van der Waals surface area contributed by atoms with Crippen LogP contribution in [0.4, 0.5) is 0 Å². The molecule has 4 unspecified atom stereocenters. The summed E-state index contributed by atoms with van der Waals surface area (Å²) >= 11 is 0. The van der Waals surface area contributed by atoms with Gasteiger partial charge in [0, 0.05) is 20.8 Å². The third-order valence-electron chi connectivity index (χ3n) is 4.94. The number of hydrogen-bond acceptors (Lipinski definition) is 14. The SMILES string of the molecule is CCOC(=O)c1nn(CC(N)=O)c2c(=O)n(C3OC(COC(C)=O)C(OC(C)=O)C3OC(C)=O)nnc12. The highest BCUT2D eigenvalue weighted by Crippen LogP contribution is 2.33. The van der Waals surface area contributed by atoms with Crippen LogP contribution in [-0.2, 0) is 49.4 Å². The van der Waals surface area contributed by atoms with Gasteiger partial charge < -0.3 is 29.4 Å². The maximum Gasteiger partial charge on any atom is 0.361 e. The fourth-order valence-corrected chi connectivity index (χ4v) is 3.66. The Morgan fingerprint density at radius 3 is 2.22 bits per heavy atom. The number of ether oxygens (including phenoxy) is 5. The van der Waals surface area contributed by atoms with E-state index in [9.17, 15) is 28.8 Å². The van der Waals surface area contributed by atoms with Crippen molar-refractivity contribution < 1.29 is 47.7 Å². The first-order valence-electron chi connectivity index (χ1n) is 10.9. The largest absolute Gasteiger partial charge is 0.463 e. The maximum absolute atomic E-state index is 13.5. The fourth-order valence-electron chi connectivity index (χ4n) is 3.66. The van der Waals surface area contributed by atoms with Crippen molar-refractivity contribution in [1.82, 2.24) is 24.8 Å². The lowest BCUT2D eigenvalue weighted by Gasteiger charge is -2.23. The molecule has 17 nitrogen and oxygen atoms in total. The Morgan fingerprint density at radius 1 is 1.00 bits per heavy atom. The molecule has 0 aromatic carbocycles. The molecular weight excluding hydrogens is 500 g/mol. The summed E-state index contributed by atoms with van der Waals surface area (Å²) in [7, 11) is 0. The van der Waals surface area contributed by atoms with Gasteiger partial charge in [-0.2, -0.15) is 9.78 Å². The Labute approximate surface area is 207 Å². The lowest BCUT2D eigenvalue weighted by atomic mass is 10.1. The number of carbonyl (C=O) groups excluding carboxylic acids is 5. The van der Waals surface area contributed by atoms with E-state index in [0.717, 1.165) is 25.5 Å². The predicted octanol–water partition coefficient (Wildman–Crippen LogP) is -2.03. The van der Waals surface area contributed by atoms with Gasteiger partial charge in [-0.05, 0) is 6.92 Å². The maximum atomic E-state index is 13.5. The second-order valence-electron chi connectivity index (χ2n) is 7.75. The number of nitrogens with two attached hydrogens (primary N) is 1. The molecular formula is C20H24N6O11. The molecule has 3 rings (SSSR count). The molecule has 0 spiro atoms. The first kappa shape index (κ1) is 27.2. The average molecular weight is 524 g/mol. The van der Waals surface area contributed by atoms with E-state index in [1.807, 2.05) is 0 Å². The van der Waals surface area contributed by atoms with Crippen LogP contribution in [-0.4, -0.2) is 86.1 Å². The van der Waals surface area contributed by atoms with E-state index in [-0.39, 0.29) is 23.3 Å². The number of carbonyl (C=O) groups is 5. The number of hydrogen-bond donors (Lipinski definition) is 1. The lowest BCUT2D eigenvalue weighted by Crippen LogP contribution is -2.42. The summed E-state index contributed by atoms with van der Waals surface area (Å²) in [6.07, 6.45) is -5.43. The quantitative estimate of drug-likeness (QED) is 0.276. The summed E-state index contributed by atoms with van der Waals surface area (Å²) in [6, 6.07) is 0. The Kier molecular flexibility index (Phi) is 8.16. The van der Waals surface area contributed by atoms with Crippen molar-refractivity contribution in [3.63, 3.8) is 0 Å². The van der Waals surface area contributed by atoms with Crippen LogP contribution in [0.5, 0.6) is 0 Å². The van der Waals surface area contributed by atoms with Gasteiger partial charge in [0.25, 0.3) is 5.56 Å². The van der Waals surface area contributed by atoms with E-state index in [1.165, 1.54) is 0 Å². The number of primary amides is 1. The first-order valence-corrected chi connectivity index (χ1v) is 10.9. The Balaban J connectivity index is 2.16. The van der Waals surface area contributed by atoms with Crippen LogP contribution < -0.4 is 11.3 Å². The summed E-state index contributed by atoms with van der Waals surface area (Å²) < 4.78 is 27.7. The molecule has 2 aromatic rings. The average Bonchev–Trinajstić information content (AvgIpc) is 3.31. The molecule has 2 aromatic heterocycles. The van der Waals surface area contributed by atoms with Crippen LogP contribution in [0.3, 0.4) is 0 Å². The number of rotatable bonds is 9. The van der Waals surface area contributed by atoms with Crippen LogP contribution in [0.1, 0.15) is 44.4 Å². The third kappa shape index (κ3) is 5.88. The van der Waals surface area contributed by atoms with E-state index < -0.39 is 73.0 Å². The summed E-state index contributed by atoms with van der Waals surface area (Å²) in [5.74, 6) is -4.05. The number of amides is 1. The molecule has 1 aliphatic rings. The van der Waals surface area contributed by atoms with E-state index in [4.69, 9.17) is 29.4 Å². The second-order valence-corrected chi connectivity index (χ2v) is 7.75. The van der Waals surface area contributed by atoms with E-state index in [0.29, 0.717) is 4.68 Å².